The van der Waals surface area contributed by atoms with Crippen molar-refractivity contribution in [2.75, 3.05) is 11.9 Å². The Morgan fingerprint density at radius 2 is 2.05 bits per heavy atom. The molecule has 0 bridgehead atoms. The van der Waals surface area contributed by atoms with Gasteiger partial charge in [0.25, 0.3) is 0 Å². The number of carbonyl (C=O) groups is 2. The lowest BCUT2D eigenvalue weighted by Crippen LogP contribution is -2.33. The Kier molecular flexibility index (Phi) is 5.53. The van der Waals surface area contributed by atoms with E-state index in [0.29, 0.717) is 0 Å². The van der Waals surface area contributed by atoms with Crippen molar-refractivity contribution in [3.05, 3.63) is 29.0 Å². The molecule has 19 heavy (non-hydrogen) atoms. The Hall–Kier alpha value is -1.86. The lowest BCUT2D eigenvalue weighted by Gasteiger charge is -2.09. The van der Waals surface area contributed by atoms with E-state index in [1.54, 1.807) is 0 Å². The van der Waals surface area contributed by atoms with Crippen LogP contribution in [0.5, 0.6) is 0 Å². The third-order valence-corrected chi connectivity index (χ3v) is 2.33. The molecule has 1 rings (SSSR count). The summed E-state index contributed by atoms with van der Waals surface area (Å²) in [5, 5.41) is 22.1. The largest absolute Gasteiger partial charge is 0.479 e. The molecular weight excluding hydrogens is 279 g/mol. The first-order valence-corrected chi connectivity index (χ1v) is 5.68. The number of aliphatic carboxylic acids is 1. The van der Waals surface area contributed by atoms with Gasteiger partial charge in [0.2, 0.25) is 0 Å². The summed E-state index contributed by atoms with van der Waals surface area (Å²) in [6.45, 7) is -0.0393. The Morgan fingerprint density at radius 3 is 2.63 bits per heavy atom. The van der Waals surface area contributed by atoms with Gasteiger partial charge in [0.05, 0.1) is 0 Å². The zero-order chi connectivity index (χ0) is 14.4. The van der Waals surface area contributed by atoms with Gasteiger partial charge in [-0.15, -0.1) is 0 Å². The molecule has 0 aromatic heterocycles. The summed E-state index contributed by atoms with van der Waals surface area (Å²) >= 11 is 5.60. The summed E-state index contributed by atoms with van der Waals surface area (Å²) in [4.78, 5) is 21.7. The number of anilines is 1. The Bertz CT molecular complexity index is 464. The fraction of sp³-hybridized carbons (Fsp3) is 0.273. The van der Waals surface area contributed by atoms with Gasteiger partial charge in [-0.05, 0) is 18.2 Å². The van der Waals surface area contributed by atoms with Crippen LogP contribution in [-0.2, 0) is 4.79 Å². The van der Waals surface area contributed by atoms with E-state index >= 15 is 0 Å². The maximum atomic E-state index is 13.0. The lowest BCUT2D eigenvalue weighted by atomic mass is 10.2. The molecule has 0 fully saturated rings. The van der Waals surface area contributed by atoms with Crippen LogP contribution < -0.4 is 10.6 Å². The van der Waals surface area contributed by atoms with Gasteiger partial charge in [0, 0.05) is 23.7 Å². The van der Waals surface area contributed by atoms with Crippen LogP contribution in [0.3, 0.4) is 0 Å². The number of carbonyl (C=O) groups excluding carboxylic acids is 1. The molecule has 4 N–H and O–H groups in total. The molecule has 2 amide bonds. The Labute approximate surface area is 113 Å². The van der Waals surface area contributed by atoms with Crippen LogP contribution in [0.25, 0.3) is 0 Å². The van der Waals surface area contributed by atoms with E-state index in [1.807, 2.05) is 0 Å². The second-order valence-electron chi connectivity index (χ2n) is 3.68. The zero-order valence-corrected chi connectivity index (χ0v) is 10.4. The summed E-state index contributed by atoms with van der Waals surface area (Å²) in [5.41, 5.74) is 0.168. The number of rotatable bonds is 5. The number of carboxylic acids is 1. The van der Waals surface area contributed by atoms with E-state index in [1.165, 1.54) is 6.07 Å². The van der Waals surface area contributed by atoms with Gasteiger partial charge < -0.3 is 20.8 Å². The molecule has 104 valence electrons. The van der Waals surface area contributed by atoms with E-state index in [-0.39, 0.29) is 23.7 Å². The topological polar surface area (TPSA) is 98.7 Å². The van der Waals surface area contributed by atoms with Crippen molar-refractivity contribution in [1.29, 1.82) is 0 Å². The highest BCUT2D eigenvalue weighted by Crippen LogP contribution is 2.17. The summed E-state index contributed by atoms with van der Waals surface area (Å²) in [7, 11) is 0. The van der Waals surface area contributed by atoms with Crippen molar-refractivity contribution in [3.8, 4) is 0 Å². The molecule has 1 aromatic rings. The molecule has 8 heteroatoms. The first-order chi connectivity index (χ1) is 8.88. The number of carboxylic acid groups (broad SMARTS) is 1. The van der Waals surface area contributed by atoms with Crippen LogP contribution in [0.1, 0.15) is 6.42 Å². The summed E-state index contributed by atoms with van der Waals surface area (Å²) in [6.07, 6.45) is -1.67. The van der Waals surface area contributed by atoms with E-state index in [2.05, 4.69) is 10.6 Å². The number of halogens is 2. The smallest absolute Gasteiger partial charge is 0.332 e. The molecule has 1 aromatic carbocycles. The van der Waals surface area contributed by atoms with Gasteiger partial charge in [-0.2, -0.15) is 0 Å². The predicted octanol–water partition coefficient (Wildman–Crippen LogP) is 1.44. The molecule has 0 saturated heterocycles. The molecule has 0 aliphatic carbocycles. The van der Waals surface area contributed by atoms with Gasteiger partial charge in [-0.3, -0.25) is 0 Å². The normalized spacial score (nSPS) is 11.7. The average molecular weight is 291 g/mol. The van der Waals surface area contributed by atoms with Crippen molar-refractivity contribution in [3.63, 3.8) is 0 Å². The highest BCUT2D eigenvalue weighted by molar-refractivity contribution is 6.30. The average Bonchev–Trinajstić information content (AvgIpc) is 2.26. The molecule has 0 aliphatic heterocycles. The minimum Gasteiger partial charge on any atom is -0.479 e. The number of aliphatic hydroxyl groups is 1. The highest BCUT2D eigenvalue weighted by atomic mass is 35.5. The van der Waals surface area contributed by atoms with Gasteiger partial charge in [-0.1, -0.05) is 11.6 Å². The number of aliphatic hydroxyl groups excluding tert-OH is 1. The molecule has 0 saturated carbocycles. The number of hydrogen-bond acceptors (Lipinski definition) is 3. The van der Waals surface area contributed by atoms with Gasteiger partial charge in [0.1, 0.15) is 5.82 Å². The SMILES string of the molecule is O=C(NCC[C@H](O)C(=O)O)Nc1cc(F)cc(Cl)c1. The highest BCUT2D eigenvalue weighted by Gasteiger charge is 2.12. The lowest BCUT2D eigenvalue weighted by molar-refractivity contribution is -0.146. The van der Waals surface area contributed by atoms with Crippen molar-refractivity contribution < 1.29 is 24.2 Å². The summed E-state index contributed by atoms with van der Waals surface area (Å²) in [6, 6.07) is 2.88. The molecule has 0 heterocycles. The van der Waals surface area contributed by atoms with E-state index < -0.39 is 23.9 Å². The van der Waals surface area contributed by atoms with Gasteiger partial charge in [0.15, 0.2) is 6.10 Å². The second kappa shape index (κ2) is 6.91. The molecule has 1 atom stereocenters. The molecule has 0 radical (unpaired) electrons. The van der Waals surface area contributed by atoms with Crippen LogP contribution in [0, 0.1) is 5.82 Å². The Balaban J connectivity index is 2.41. The minimum absolute atomic E-state index is 0.0393. The van der Waals surface area contributed by atoms with Gasteiger partial charge >= 0.3 is 12.0 Å². The monoisotopic (exact) mass is 290 g/mol. The summed E-state index contributed by atoms with van der Waals surface area (Å²) < 4.78 is 13.0. The molecule has 6 nitrogen and oxygen atoms in total. The third kappa shape index (κ3) is 5.54. The van der Waals surface area contributed by atoms with Crippen LogP contribution in [0.4, 0.5) is 14.9 Å². The quantitative estimate of drug-likeness (QED) is 0.659. The van der Waals surface area contributed by atoms with E-state index in [9.17, 15) is 14.0 Å². The van der Waals surface area contributed by atoms with Crippen LogP contribution in [0.2, 0.25) is 5.02 Å². The third-order valence-electron chi connectivity index (χ3n) is 2.11. The number of amides is 2. The second-order valence-corrected chi connectivity index (χ2v) is 4.12. The van der Waals surface area contributed by atoms with E-state index in [0.717, 1.165) is 12.1 Å². The van der Waals surface area contributed by atoms with Crippen molar-refractivity contribution in [1.82, 2.24) is 5.32 Å². The van der Waals surface area contributed by atoms with Crippen molar-refractivity contribution in [2.24, 2.45) is 0 Å². The van der Waals surface area contributed by atoms with Gasteiger partial charge in [-0.25, -0.2) is 14.0 Å². The van der Waals surface area contributed by atoms with E-state index in [4.69, 9.17) is 21.8 Å². The molecular formula is C11H12ClFN2O4. The fourth-order valence-corrected chi connectivity index (χ4v) is 1.47. The molecule has 0 unspecified atom stereocenters. The predicted molar refractivity (Wildman–Crippen MR) is 66.7 cm³/mol. The van der Waals surface area contributed by atoms with Crippen molar-refractivity contribution in [2.45, 2.75) is 12.5 Å². The standard InChI is InChI=1S/C11H12ClFN2O4/c12-6-3-7(13)5-8(4-6)15-11(19)14-2-1-9(16)10(17)18/h3-5,9,16H,1-2H2,(H,17,18)(H2,14,15,19)/t9-/m0/s1. The first kappa shape index (κ1) is 15.2. The number of benzene rings is 1. The number of urea groups is 1. The fourth-order valence-electron chi connectivity index (χ4n) is 1.25. The maximum Gasteiger partial charge on any atom is 0.332 e. The minimum atomic E-state index is -1.54. The first-order valence-electron chi connectivity index (χ1n) is 5.30. The van der Waals surface area contributed by atoms with Crippen LogP contribution in [0.15, 0.2) is 18.2 Å². The Morgan fingerprint density at radius 1 is 1.37 bits per heavy atom. The maximum absolute atomic E-state index is 13.0. The van der Waals surface area contributed by atoms with Crippen LogP contribution in [-0.4, -0.2) is 34.9 Å². The van der Waals surface area contributed by atoms with Crippen LogP contribution >= 0.6 is 11.6 Å². The zero-order valence-electron chi connectivity index (χ0n) is 9.69. The molecule has 0 aliphatic rings. The number of hydrogen-bond donors (Lipinski definition) is 4. The summed E-state index contributed by atoms with van der Waals surface area (Å²) in [5.74, 6) is -1.96. The van der Waals surface area contributed by atoms with Crippen molar-refractivity contribution >= 4 is 29.3 Å². The number of nitrogens with one attached hydrogen (secondary N) is 2. The molecule has 0 spiro atoms.